The van der Waals surface area contributed by atoms with Gasteiger partial charge in [-0.05, 0) is 24.6 Å². The van der Waals surface area contributed by atoms with E-state index in [2.05, 4.69) is 40.4 Å². The maximum Gasteiger partial charge on any atom is 0.191 e. The molecule has 0 aliphatic heterocycles. The molecule has 2 N–H and O–H groups in total. The molecule has 0 spiro atoms. The van der Waals surface area contributed by atoms with Crippen LogP contribution < -0.4 is 5.73 Å². The Morgan fingerprint density at radius 2 is 1.93 bits per heavy atom. The first-order valence-electron chi connectivity index (χ1n) is 5.23. The average Bonchev–Trinajstić information content (AvgIpc) is 2.01. The smallest absolute Gasteiger partial charge is 0.191 e. The van der Waals surface area contributed by atoms with Crippen molar-refractivity contribution in [2.75, 3.05) is 6.61 Å². The summed E-state index contributed by atoms with van der Waals surface area (Å²) in [4.78, 5) is 0. The zero-order valence-electron chi connectivity index (χ0n) is 10.3. The molecular formula is C11H25NOSi. The van der Waals surface area contributed by atoms with Gasteiger partial charge < -0.3 is 10.2 Å². The molecule has 0 rings (SSSR count). The lowest BCUT2D eigenvalue weighted by Gasteiger charge is -2.36. The van der Waals surface area contributed by atoms with E-state index in [9.17, 15) is 0 Å². The van der Waals surface area contributed by atoms with Gasteiger partial charge in [-0.2, -0.15) is 0 Å². The highest BCUT2D eigenvalue weighted by Gasteiger charge is 2.36. The molecule has 0 saturated heterocycles. The third kappa shape index (κ3) is 4.40. The molecule has 0 heterocycles. The Morgan fingerprint density at radius 1 is 1.43 bits per heavy atom. The summed E-state index contributed by atoms with van der Waals surface area (Å²) in [7, 11) is -1.57. The van der Waals surface area contributed by atoms with Crippen molar-refractivity contribution in [3.05, 3.63) is 12.7 Å². The molecular weight excluding hydrogens is 190 g/mol. The van der Waals surface area contributed by atoms with Crippen molar-refractivity contribution in [3.63, 3.8) is 0 Å². The second-order valence-corrected chi connectivity index (χ2v) is 10.1. The fourth-order valence-corrected chi connectivity index (χ4v) is 1.85. The summed E-state index contributed by atoms with van der Waals surface area (Å²) in [5, 5.41) is 0.283. The van der Waals surface area contributed by atoms with Crippen LogP contribution in [0.3, 0.4) is 0 Å². The van der Waals surface area contributed by atoms with E-state index in [1.807, 2.05) is 0 Å². The first-order chi connectivity index (χ1) is 6.20. The molecule has 14 heavy (non-hydrogen) atoms. The molecule has 3 heteroatoms. The molecule has 0 aromatic rings. The van der Waals surface area contributed by atoms with E-state index < -0.39 is 8.32 Å². The van der Waals surface area contributed by atoms with Crippen molar-refractivity contribution in [1.29, 1.82) is 0 Å². The average molecular weight is 215 g/mol. The molecule has 0 aromatic heterocycles. The molecule has 0 aliphatic carbocycles. The second-order valence-electron chi connectivity index (χ2n) is 5.30. The van der Waals surface area contributed by atoms with E-state index in [-0.39, 0.29) is 11.1 Å². The lowest BCUT2D eigenvalue weighted by molar-refractivity contribution is 0.278. The zero-order chi connectivity index (χ0) is 11.4. The Morgan fingerprint density at radius 3 is 2.29 bits per heavy atom. The minimum absolute atomic E-state index is 0.0692. The van der Waals surface area contributed by atoms with Gasteiger partial charge in [0, 0.05) is 12.6 Å². The second kappa shape index (κ2) is 5.10. The van der Waals surface area contributed by atoms with Crippen LogP contribution in [0.25, 0.3) is 0 Å². The Labute approximate surface area is 89.7 Å². The molecule has 0 fully saturated rings. The Hall–Kier alpha value is -0.123. The minimum atomic E-state index is -1.57. The van der Waals surface area contributed by atoms with Crippen LogP contribution in [0.15, 0.2) is 12.7 Å². The van der Waals surface area contributed by atoms with Crippen LogP contribution in [0.1, 0.15) is 27.2 Å². The van der Waals surface area contributed by atoms with E-state index in [1.165, 1.54) is 0 Å². The summed E-state index contributed by atoms with van der Waals surface area (Å²) in [5.41, 5.74) is 5.73. The van der Waals surface area contributed by atoms with Crippen molar-refractivity contribution in [1.82, 2.24) is 0 Å². The minimum Gasteiger partial charge on any atom is -0.417 e. The van der Waals surface area contributed by atoms with Gasteiger partial charge in [-0.1, -0.05) is 26.8 Å². The van der Waals surface area contributed by atoms with Crippen molar-refractivity contribution < 1.29 is 4.43 Å². The fraction of sp³-hybridized carbons (Fsp3) is 0.818. The van der Waals surface area contributed by atoms with Gasteiger partial charge in [-0.3, -0.25) is 0 Å². The molecule has 0 bridgehead atoms. The van der Waals surface area contributed by atoms with Crippen LogP contribution in [-0.4, -0.2) is 21.0 Å². The quantitative estimate of drug-likeness (QED) is 0.565. The Bertz CT molecular complexity index is 184. The van der Waals surface area contributed by atoms with Crippen molar-refractivity contribution in [3.8, 4) is 0 Å². The number of rotatable bonds is 5. The monoisotopic (exact) mass is 215 g/mol. The van der Waals surface area contributed by atoms with Crippen LogP contribution in [0, 0.1) is 0 Å². The van der Waals surface area contributed by atoms with Gasteiger partial charge in [0.05, 0.1) is 0 Å². The molecule has 0 saturated carbocycles. The van der Waals surface area contributed by atoms with Gasteiger partial charge in [-0.25, -0.2) is 0 Å². The van der Waals surface area contributed by atoms with Gasteiger partial charge >= 0.3 is 0 Å². The molecule has 0 unspecified atom stereocenters. The van der Waals surface area contributed by atoms with E-state index in [0.29, 0.717) is 0 Å². The predicted molar refractivity (Wildman–Crippen MR) is 65.9 cm³/mol. The normalized spacial score (nSPS) is 15.3. The van der Waals surface area contributed by atoms with E-state index in [1.54, 1.807) is 6.08 Å². The molecule has 0 radical (unpaired) electrons. The molecule has 2 nitrogen and oxygen atoms in total. The lowest BCUT2D eigenvalue weighted by atomic mass is 10.2. The van der Waals surface area contributed by atoms with Crippen LogP contribution in [0.4, 0.5) is 0 Å². The summed E-state index contributed by atoms with van der Waals surface area (Å²) in [6, 6.07) is 0.0692. The molecule has 84 valence electrons. The summed E-state index contributed by atoms with van der Waals surface area (Å²) in [5.74, 6) is 0. The highest BCUT2D eigenvalue weighted by molar-refractivity contribution is 6.74. The highest BCUT2D eigenvalue weighted by atomic mass is 28.4. The largest absolute Gasteiger partial charge is 0.417 e. The maximum absolute atomic E-state index is 5.98. The zero-order valence-corrected chi connectivity index (χ0v) is 11.3. The van der Waals surface area contributed by atoms with Crippen molar-refractivity contribution >= 4 is 8.32 Å². The van der Waals surface area contributed by atoms with Gasteiger partial charge in [0.2, 0.25) is 0 Å². The van der Waals surface area contributed by atoms with Crippen LogP contribution in [0.2, 0.25) is 18.1 Å². The van der Waals surface area contributed by atoms with E-state index in [0.717, 1.165) is 13.0 Å². The maximum atomic E-state index is 5.98. The summed E-state index contributed by atoms with van der Waals surface area (Å²) in [6.07, 6.45) is 2.64. The standard InChI is InChI=1S/C11H25NOSi/c1-7-10(12)8-9-13-14(5,6)11(2,3)4/h7,10H,1,8-9,12H2,2-6H3/t10-/m1/s1. The van der Waals surface area contributed by atoms with Crippen LogP contribution in [0.5, 0.6) is 0 Å². The highest BCUT2D eigenvalue weighted by Crippen LogP contribution is 2.36. The Balaban J connectivity index is 3.95. The van der Waals surface area contributed by atoms with Crippen molar-refractivity contribution in [2.45, 2.75) is 51.4 Å². The van der Waals surface area contributed by atoms with Gasteiger partial charge in [0.15, 0.2) is 8.32 Å². The molecule has 0 amide bonds. The van der Waals surface area contributed by atoms with Crippen LogP contribution >= 0.6 is 0 Å². The summed E-state index contributed by atoms with van der Waals surface area (Å²) in [6.45, 7) is 15.6. The number of nitrogens with two attached hydrogens (primary N) is 1. The third-order valence-corrected chi connectivity index (χ3v) is 7.56. The summed E-state index contributed by atoms with van der Waals surface area (Å²) >= 11 is 0. The van der Waals surface area contributed by atoms with Crippen molar-refractivity contribution in [2.24, 2.45) is 5.73 Å². The number of hydrogen-bond donors (Lipinski definition) is 1. The molecule has 1 atom stereocenters. The summed E-state index contributed by atoms with van der Waals surface area (Å²) < 4.78 is 5.98. The first kappa shape index (κ1) is 13.9. The predicted octanol–water partition coefficient (Wildman–Crippen LogP) is 2.91. The van der Waals surface area contributed by atoms with E-state index >= 15 is 0 Å². The van der Waals surface area contributed by atoms with Gasteiger partial charge in [0.25, 0.3) is 0 Å². The molecule has 0 aromatic carbocycles. The van der Waals surface area contributed by atoms with Gasteiger partial charge in [-0.15, -0.1) is 6.58 Å². The SMILES string of the molecule is C=C[C@@H](N)CCO[Si](C)(C)C(C)(C)C. The lowest BCUT2D eigenvalue weighted by Crippen LogP contribution is -2.41. The first-order valence-corrected chi connectivity index (χ1v) is 8.13. The Kier molecular flexibility index (Phi) is 5.05. The third-order valence-electron chi connectivity index (χ3n) is 3.02. The molecule has 0 aliphatic rings. The fourth-order valence-electron chi connectivity index (χ4n) is 0.785. The van der Waals surface area contributed by atoms with E-state index in [4.69, 9.17) is 10.2 Å². The topological polar surface area (TPSA) is 35.2 Å². The number of hydrogen-bond acceptors (Lipinski definition) is 2. The van der Waals surface area contributed by atoms with Crippen LogP contribution in [-0.2, 0) is 4.43 Å². The van der Waals surface area contributed by atoms with Gasteiger partial charge in [0.1, 0.15) is 0 Å².